The highest BCUT2D eigenvalue weighted by Gasteiger charge is 2.27. The third kappa shape index (κ3) is 2.17. The molecule has 0 saturated heterocycles. The molecule has 0 unspecified atom stereocenters. The second-order valence-electron chi connectivity index (χ2n) is 4.25. The first-order valence-electron chi connectivity index (χ1n) is 5.56. The van der Waals surface area contributed by atoms with Crippen LogP contribution in [0.25, 0.3) is 0 Å². The quantitative estimate of drug-likeness (QED) is 0.825. The zero-order valence-electron chi connectivity index (χ0n) is 9.31. The van der Waals surface area contributed by atoms with Gasteiger partial charge in [-0.25, -0.2) is 0 Å². The minimum atomic E-state index is -0.370. The minimum Gasteiger partial charge on any atom is -0.487 e. The van der Waals surface area contributed by atoms with E-state index < -0.39 is 0 Å². The lowest BCUT2D eigenvalue weighted by atomic mass is 10.1. The molecule has 0 aromatic heterocycles. The van der Waals surface area contributed by atoms with Crippen LogP contribution in [0.4, 0.5) is 0 Å². The van der Waals surface area contributed by atoms with Crippen LogP contribution in [0.2, 0.25) is 0 Å². The summed E-state index contributed by atoms with van der Waals surface area (Å²) < 4.78 is 5.76. The fourth-order valence-electron chi connectivity index (χ4n) is 2.00. The van der Waals surface area contributed by atoms with Gasteiger partial charge in [0.2, 0.25) is 0 Å². The Labute approximate surface area is 95.3 Å². The van der Waals surface area contributed by atoms with Crippen LogP contribution < -0.4 is 4.74 Å². The molecule has 1 N–H and O–H groups in total. The number of hydrogen-bond acceptors (Lipinski definition) is 3. The lowest BCUT2D eigenvalue weighted by Crippen LogP contribution is -2.25. The van der Waals surface area contributed by atoms with E-state index in [1.165, 1.54) is 0 Å². The Bertz CT molecular complexity index is 422. The smallest absolute Gasteiger partial charge is 0.124 e. The Balaban J connectivity index is 2.17. The highest BCUT2D eigenvalue weighted by molar-refractivity contribution is 5.41. The van der Waals surface area contributed by atoms with Gasteiger partial charge in [0.25, 0.3) is 0 Å². The molecule has 0 aliphatic heterocycles. The fraction of sp³-hybridized carbons (Fsp3) is 0.462. The summed E-state index contributed by atoms with van der Waals surface area (Å²) in [6, 6.07) is 7.47. The molecular formula is C13H15NO2. The van der Waals surface area contributed by atoms with E-state index in [-0.39, 0.29) is 12.2 Å². The zero-order valence-corrected chi connectivity index (χ0v) is 9.31. The van der Waals surface area contributed by atoms with Gasteiger partial charge in [0.05, 0.1) is 17.7 Å². The van der Waals surface area contributed by atoms with Crippen LogP contribution in [0.15, 0.2) is 18.2 Å². The average molecular weight is 217 g/mol. The third-order valence-electron chi connectivity index (χ3n) is 3.01. The van der Waals surface area contributed by atoms with E-state index in [1.54, 1.807) is 12.1 Å². The molecule has 3 heteroatoms. The molecule has 0 spiro atoms. The van der Waals surface area contributed by atoms with Gasteiger partial charge in [-0.2, -0.15) is 5.26 Å². The maximum atomic E-state index is 9.68. The van der Waals surface area contributed by atoms with Crippen LogP contribution in [0.3, 0.4) is 0 Å². The number of nitriles is 1. The summed E-state index contributed by atoms with van der Waals surface area (Å²) in [6.45, 7) is 1.94. The molecule has 84 valence electrons. The van der Waals surface area contributed by atoms with Crippen molar-refractivity contribution in [3.63, 3.8) is 0 Å². The predicted octanol–water partition coefficient (Wildman–Crippen LogP) is 2.16. The van der Waals surface area contributed by atoms with E-state index in [0.29, 0.717) is 11.3 Å². The van der Waals surface area contributed by atoms with Gasteiger partial charge < -0.3 is 9.84 Å². The Morgan fingerprint density at radius 1 is 1.44 bits per heavy atom. The first-order chi connectivity index (χ1) is 7.70. The summed E-state index contributed by atoms with van der Waals surface area (Å²) in [5, 5.41) is 18.5. The van der Waals surface area contributed by atoms with E-state index in [1.807, 2.05) is 13.0 Å². The number of hydrogen-bond donors (Lipinski definition) is 1. The molecule has 0 bridgehead atoms. The molecule has 1 fully saturated rings. The largest absolute Gasteiger partial charge is 0.487 e. The molecule has 0 amide bonds. The molecule has 1 aliphatic carbocycles. The van der Waals surface area contributed by atoms with Gasteiger partial charge in [0.1, 0.15) is 11.9 Å². The monoisotopic (exact) mass is 217 g/mol. The number of ether oxygens (including phenoxy) is 1. The molecule has 2 rings (SSSR count). The van der Waals surface area contributed by atoms with Crippen LogP contribution >= 0.6 is 0 Å². The second-order valence-corrected chi connectivity index (χ2v) is 4.25. The van der Waals surface area contributed by atoms with Crippen molar-refractivity contribution < 1.29 is 9.84 Å². The van der Waals surface area contributed by atoms with Gasteiger partial charge >= 0.3 is 0 Å². The molecular weight excluding hydrogens is 202 g/mol. The molecule has 1 aromatic carbocycles. The molecule has 1 aromatic rings. The van der Waals surface area contributed by atoms with Crippen LogP contribution in [0.1, 0.15) is 30.4 Å². The number of aliphatic hydroxyl groups is 1. The molecule has 3 nitrogen and oxygen atoms in total. The van der Waals surface area contributed by atoms with Crippen molar-refractivity contribution in [2.45, 2.75) is 38.4 Å². The summed E-state index contributed by atoms with van der Waals surface area (Å²) in [6.07, 6.45) is 2.21. The van der Waals surface area contributed by atoms with Gasteiger partial charge in [-0.05, 0) is 43.9 Å². The Kier molecular flexibility index (Phi) is 3.12. The van der Waals surface area contributed by atoms with E-state index in [4.69, 9.17) is 10.00 Å². The molecule has 16 heavy (non-hydrogen) atoms. The Morgan fingerprint density at radius 2 is 2.25 bits per heavy atom. The average Bonchev–Trinajstić information content (AvgIpc) is 2.68. The highest BCUT2D eigenvalue weighted by atomic mass is 16.5. The normalized spacial score (nSPS) is 24.1. The van der Waals surface area contributed by atoms with Crippen LogP contribution in [-0.4, -0.2) is 17.3 Å². The molecule has 1 aliphatic rings. The van der Waals surface area contributed by atoms with Crippen molar-refractivity contribution in [2.24, 2.45) is 0 Å². The third-order valence-corrected chi connectivity index (χ3v) is 3.01. The van der Waals surface area contributed by atoms with Gasteiger partial charge in [0.15, 0.2) is 0 Å². The summed E-state index contributed by atoms with van der Waals surface area (Å²) in [5.74, 6) is 0.713. The van der Waals surface area contributed by atoms with Crippen molar-refractivity contribution in [1.82, 2.24) is 0 Å². The predicted molar refractivity (Wildman–Crippen MR) is 60.2 cm³/mol. The summed E-state index contributed by atoms with van der Waals surface area (Å²) in [7, 11) is 0. The van der Waals surface area contributed by atoms with E-state index in [9.17, 15) is 5.11 Å². The van der Waals surface area contributed by atoms with Crippen LogP contribution in [0.5, 0.6) is 5.75 Å². The Hall–Kier alpha value is -1.53. The lowest BCUT2D eigenvalue weighted by Gasteiger charge is -2.18. The summed E-state index contributed by atoms with van der Waals surface area (Å²) >= 11 is 0. The SMILES string of the molecule is Cc1ccc(C#N)cc1O[C@@H]1CCC[C@H]1O. The topological polar surface area (TPSA) is 53.2 Å². The van der Waals surface area contributed by atoms with Crippen molar-refractivity contribution in [3.05, 3.63) is 29.3 Å². The van der Waals surface area contributed by atoms with Crippen molar-refractivity contribution in [2.75, 3.05) is 0 Å². The van der Waals surface area contributed by atoms with Gasteiger partial charge in [0, 0.05) is 0 Å². The van der Waals surface area contributed by atoms with Crippen molar-refractivity contribution >= 4 is 0 Å². The molecule has 0 heterocycles. The molecule has 2 atom stereocenters. The minimum absolute atomic E-state index is 0.118. The first-order valence-corrected chi connectivity index (χ1v) is 5.56. The number of nitrogens with zero attached hydrogens (tertiary/aromatic N) is 1. The van der Waals surface area contributed by atoms with Crippen LogP contribution in [-0.2, 0) is 0 Å². The number of rotatable bonds is 2. The maximum absolute atomic E-state index is 9.68. The van der Waals surface area contributed by atoms with E-state index in [2.05, 4.69) is 6.07 Å². The van der Waals surface area contributed by atoms with E-state index in [0.717, 1.165) is 24.8 Å². The highest BCUT2D eigenvalue weighted by Crippen LogP contribution is 2.27. The molecule has 1 saturated carbocycles. The summed E-state index contributed by atoms with van der Waals surface area (Å²) in [5.41, 5.74) is 1.59. The summed E-state index contributed by atoms with van der Waals surface area (Å²) in [4.78, 5) is 0. The number of benzene rings is 1. The zero-order chi connectivity index (χ0) is 11.5. The number of aliphatic hydroxyl groups excluding tert-OH is 1. The fourth-order valence-corrected chi connectivity index (χ4v) is 2.00. The second kappa shape index (κ2) is 4.54. The van der Waals surface area contributed by atoms with Crippen molar-refractivity contribution in [3.8, 4) is 11.8 Å². The van der Waals surface area contributed by atoms with Gasteiger partial charge in [-0.1, -0.05) is 6.07 Å². The first kappa shape index (κ1) is 11.0. The standard InChI is InChI=1S/C13H15NO2/c1-9-5-6-10(8-14)7-13(9)16-12-4-2-3-11(12)15/h5-7,11-12,15H,2-4H2,1H3/t11-,12-/m1/s1. The van der Waals surface area contributed by atoms with Gasteiger partial charge in [-0.3, -0.25) is 0 Å². The lowest BCUT2D eigenvalue weighted by molar-refractivity contribution is 0.0599. The Morgan fingerprint density at radius 3 is 2.88 bits per heavy atom. The maximum Gasteiger partial charge on any atom is 0.124 e. The van der Waals surface area contributed by atoms with Crippen LogP contribution in [0, 0.1) is 18.3 Å². The molecule has 0 radical (unpaired) electrons. The van der Waals surface area contributed by atoms with Crippen molar-refractivity contribution in [1.29, 1.82) is 5.26 Å². The van der Waals surface area contributed by atoms with E-state index >= 15 is 0 Å². The number of aryl methyl sites for hydroxylation is 1. The van der Waals surface area contributed by atoms with Gasteiger partial charge in [-0.15, -0.1) is 0 Å².